The minimum atomic E-state index is 0.664. The first-order chi connectivity index (χ1) is 9.21. The van der Waals surface area contributed by atoms with Gasteiger partial charge in [0, 0.05) is 31.1 Å². The average Bonchev–Trinajstić information content (AvgIpc) is 2.98. The molecule has 1 unspecified atom stereocenters. The molecule has 2 aromatic heterocycles. The molecule has 0 saturated heterocycles. The summed E-state index contributed by atoms with van der Waals surface area (Å²) in [5.41, 5.74) is 7.01. The second kappa shape index (κ2) is 6.39. The highest BCUT2D eigenvalue weighted by Crippen LogP contribution is 2.25. The van der Waals surface area contributed by atoms with Crippen LogP contribution in [0.5, 0.6) is 0 Å². The summed E-state index contributed by atoms with van der Waals surface area (Å²) in [6, 6.07) is 0. The highest BCUT2D eigenvalue weighted by molar-refractivity contribution is 7.15. The molecule has 0 aliphatic rings. The van der Waals surface area contributed by atoms with Gasteiger partial charge in [-0.25, -0.2) is 4.98 Å². The van der Waals surface area contributed by atoms with Crippen molar-refractivity contribution in [1.82, 2.24) is 9.38 Å². The summed E-state index contributed by atoms with van der Waals surface area (Å²) in [7, 11) is 0. The van der Waals surface area contributed by atoms with Crippen molar-refractivity contribution in [3.63, 3.8) is 0 Å². The fraction of sp³-hybridized carbons (Fsp3) is 0.643. The first-order valence-corrected chi connectivity index (χ1v) is 7.98. The van der Waals surface area contributed by atoms with Crippen LogP contribution in [-0.2, 0) is 6.42 Å². The molecule has 19 heavy (non-hydrogen) atoms. The van der Waals surface area contributed by atoms with E-state index in [0.717, 1.165) is 30.3 Å². The van der Waals surface area contributed by atoms with Crippen molar-refractivity contribution in [3.05, 3.63) is 17.3 Å². The maximum absolute atomic E-state index is 5.76. The smallest absolute Gasteiger partial charge is 0.195 e. The Balaban J connectivity index is 2.35. The van der Waals surface area contributed by atoms with E-state index < -0.39 is 0 Å². The Kier molecular flexibility index (Phi) is 4.82. The van der Waals surface area contributed by atoms with E-state index in [1.165, 1.54) is 12.1 Å². The monoisotopic (exact) mass is 280 g/mol. The second-order valence-electron chi connectivity index (χ2n) is 5.03. The minimum absolute atomic E-state index is 0.664. The predicted molar refractivity (Wildman–Crippen MR) is 83.2 cm³/mol. The van der Waals surface area contributed by atoms with Gasteiger partial charge in [-0.2, -0.15) is 0 Å². The van der Waals surface area contributed by atoms with Gasteiger partial charge in [0.05, 0.1) is 5.69 Å². The molecule has 2 heterocycles. The molecular weight excluding hydrogens is 256 g/mol. The Morgan fingerprint density at radius 2 is 2.26 bits per heavy atom. The fourth-order valence-electron chi connectivity index (χ4n) is 2.31. The molecule has 2 N–H and O–H groups in total. The van der Waals surface area contributed by atoms with Crippen LogP contribution in [0.2, 0.25) is 0 Å². The largest absolute Gasteiger partial charge is 0.355 e. The molecule has 1 atom stereocenters. The average molecular weight is 280 g/mol. The van der Waals surface area contributed by atoms with Crippen molar-refractivity contribution in [1.29, 1.82) is 0 Å². The lowest BCUT2D eigenvalue weighted by Gasteiger charge is -2.25. The van der Waals surface area contributed by atoms with Crippen molar-refractivity contribution < 1.29 is 0 Å². The number of hydrogen-bond donors (Lipinski definition) is 1. The molecule has 106 valence electrons. The Morgan fingerprint density at radius 1 is 1.47 bits per heavy atom. The third kappa shape index (κ3) is 2.92. The Bertz CT molecular complexity index is 516. The van der Waals surface area contributed by atoms with Crippen LogP contribution >= 0.6 is 11.3 Å². The number of hydrogen-bond acceptors (Lipinski definition) is 4. The number of fused-ring (bicyclic) bond motifs is 1. The van der Waals surface area contributed by atoms with Gasteiger partial charge in [-0.15, -0.1) is 11.3 Å². The van der Waals surface area contributed by atoms with Crippen LogP contribution in [0.3, 0.4) is 0 Å². The molecule has 4 nitrogen and oxygen atoms in total. The van der Waals surface area contributed by atoms with Gasteiger partial charge in [0.1, 0.15) is 0 Å². The molecule has 0 aromatic carbocycles. The van der Waals surface area contributed by atoms with Crippen LogP contribution in [0, 0.1) is 5.92 Å². The van der Waals surface area contributed by atoms with E-state index >= 15 is 0 Å². The Labute approximate surface area is 119 Å². The van der Waals surface area contributed by atoms with Crippen LogP contribution < -0.4 is 10.6 Å². The molecule has 5 heteroatoms. The summed E-state index contributed by atoms with van der Waals surface area (Å²) < 4.78 is 2.19. The summed E-state index contributed by atoms with van der Waals surface area (Å²) in [4.78, 5) is 8.26. The van der Waals surface area contributed by atoms with Crippen molar-refractivity contribution in [3.8, 4) is 0 Å². The maximum atomic E-state index is 5.76. The first-order valence-electron chi connectivity index (χ1n) is 7.10. The lowest BCUT2D eigenvalue weighted by molar-refractivity contribution is 0.545. The van der Waals surface area contributed by atoms with Gasteiger partial charge in [0.15, 0.2) is 10.8 Å². The van der Waals surface area contributed by atoms with Crippen molar-refractivity contribution >= 4 is 22.1 Å². The molecule has 0 bridgehead atoms. The lowest BCUT2D eigenvalue weighted by atomic mass is 10.1. The Hall–Kier alpha value is -1.07. The molecule has 0 aliphatic heterocycles. The highest BCUT2D eigenvalue weighted by Gasteiger charge is 2.18. The number of imidazole rings is 1. The van der Waals surface area contributed by atoms with Crippen molar-refractivity contribution in [2.45, 2.75) is 33.6 Å². The number of rotatable bonds is 7. The summed E-state index contributed by atoms with van der Waals surface area (Å²) in [6.07, 6.45) is 4.17. The zero-order chi connectivity index (χ0) is 13.8. The SMILES string of the molecule is CCC(C)CN(CC)c1nc2sccn2c1CCN. The van der Waals surface area contributed by atoms with Crippen LogP contribution in [0.15, 0.2) is 11.6 Å². The van der Waals surface area contributed by atoms with Crippen molar-refractivity contribution in [2.75, 3.05) is 24.5 Å². The van der Waals surface area contributed by atoms with Gasteiger partial charge in [-0.3, -0.25) is 4.40 Å². The Morgan fingerprint density at radius 3 is 2.89 bits per heavy atom. The van der Waals surface area contributed by atoms with E-state index in [0.29, 0.717) is 12.5 Å². The van der Waals surface area contributed by atoms with Crippen LogP contribution in [0.4, 0.5) is 5.82 Å². The summed E-state index contributed by atoms with van der Waals surface area (Å²) in [5, 5.41) is 2.08. The molecule has 0 fully saturated rings. The van der Waals surface area contributed by atoms with Crippen LogP contribution in [0.1, 0.15) is 32.9 Å². The van der Waals surface area contributed by atoms with E-state index in [9.17, 15) is 0 Å². The number of aromatic nitrogens is 2. The van der Waals surface area contributed by atoms with E-state index in [1.54, 1.807) is 11.3 Å². The zero-order valence-corrected chi connectivity index (χ0v) is 12.9. The molecule has 0 amide bonds. The molecule has 0 radical (unpaired) electrons. The highest BCUT2D eigenvalue weighted by atomic mass is 32.1. The first kappa shape index (κ1) is 14.3. The topological polar surface area (TPSA) is 46.6 Å². The van der Waals surface area contributed by atoms with E-state index in [1.807, 2.05) is 0 Å². The number of nitrogens with two attached hydrogens (primary N) is 1. The maximum Gasteiger partial charge on any atom is 0.195 e. The van der Waals surface area contributed by atoms with Crippen molar-refractivity contribution in [2.24, 2.45) is 11.7 Å². The summed E-state index contributed by atoms with van der Waals surface area (Å²) >= 11 is 1.69. The normalized spacial score (nSPS) is 13.1. The molecule has 0 aliphatic carbocycles. The molecular formula is C14H24N4S. The molecule has 2 aromatic rings. The van der Waals surface area contributed by atoms with Gasteiger partial charge in [-0.1, -0.05) is 20.3 Å². The third-order valence-electron chi connectivity index (χ3n) is 3.63. The number of anilines is 1. The zero-order valence-electron chi connectivity index (χ0n) is 12.1. The van der Waals surface area contributed by atoms with Crippen LogP contribution in [0.25, 0.3) is 4.96 Å². The van der Waals surface area contributed by atoms with Gasteiger partial charge < -0.3 is 10.6 Å². The minimum Gasteiger partial charge on any atom is -0.355 e. The van der Waals surface area contributed by atoms with E-state index in [-0.39, 0.29) is 0 Å². The molecule has 0 saturated carbocycles. The quantitative estimate of drug-likeness (QED) is 0.848. The lowest BCUT2D eigenvalue weighted by Crippen LogP contribution is -2.29. The summed E-state index contributed by atoms with van der Waals surface area (Å²) in [5.74, 6) is 1.81. The van der Waals surface area contributed by atoms with E-state index in [4.69, 9.17) is 10.7 Å². The molecule has 2 rings (SSSR count). The number of nitrogens with zero attached hydrogens (tertiary/aromatic N) is 3. The predicted octanol–water partition coefficient (Wildman–Crippen LogP) is 2.77. The second-order valence-corrected chi connectivity index (χ2v) is 5.90. The van der Waals surface area contributed by atoms with Crippen LogP contribution in [-0.4, -0.2) is 29.0 Å². The number of thiazole rings is 1. The summed E-state index contributed by atoms with van der Waals surface area (Å²) in [6.45, 7) is 9.45. The third-order valence-corrected chi connectivity index (χ3v) is 4.39. The van der Waals surface area contributed by atoms with E-state index in [2.05, 4.69) is 41.6 Å². The van der Waals surface area contributed by atoms with Gasteiger partial charge >= 0.3 is 0 Å². The molecule has 0 spiro atoms. The van der Waals surface area contributed by atoms with Gasteiger partial charge in [-0.05, 0) is 19.4 Å². The van der Waals surface area contributed by atoms with Gasteiger partial charge in [0.25, 0.3) is 0 Å². The fourth-order valence-corrected chi connectivity index (χ4v) is 3.04. The van der Waals surface area contributed by atoms with Gasteiger partial charge in [0.2, 0.25) is 0 Å². The standard InChI is InChI=1S/C14H24N4S/c1-4-11(3)10-17(5-2)13-12(6-7-15)18-8-9-19-14(18)16-13/h8-9,11H,4-7,10,15H2,1-3H3.